The number of nitro benzene ring substituents is 1. The van der Waals surface area contributed by atoms with Crippen LogP contribution in [0.1, 0.15) is 27.8 Å². The smallest absolute Gasteiger partial charge is 0.272 e. The van der Waals surface area contributed by atoms with E-state index < -0.39 is 0 Å². The van der Waals surface area contributed by atoms with Gasteiger partial charge in [0, 0.05) is 34.5 Å². The molecule has 0 saturated carbocycles. The molecule has 1 N–H and O–H groups in total. The summed E-state index contributed by atoms with van der Waals surface area (Å²) in [6, 6.07) is 9.66. The summed E-state index contributed by atoms with van der Waals surface area (Å²) >= 11 is 1.81. The largest absolute Gasteiger partial charge is 0.308 e. The molecule has 1 heterocycles. The van der Waals surface area contributed by atoms with Crippen molar-refractivity contribution in [3.05, 3.63) is 61.3 Å². The van der Waals surface area contributed by atoms with Crippen LogP contribution in [0.4, 0.5) is 5.69 Å². The average Bonchev–Trinajstić information content (AvgIpc) is 2.88. The maximum absolute atomic E-state index is 10.9. The molecule has 2 aromatic rings. The van der Waals surface area contributed by atoms with Crippen molar-refractivity contribution in [3.63, 3.8) is 0 Å². The highest BCUT2D eigenvalue weighted by Crippen LogP contribution is 2.20. The highest BCUT2D eigenvalue weighted by atomic mass is 32.1. The minimum atomic E-state index is -0.328. The molecule has 0 fully saturated rings. The van der Waals surface area contributed by atoms with E-state index in [2.05, 4.69) is 24.4 Å². The molecule has 0 aliphatic carbocycles. The second-order valence-electron chi connectivity index (χ2n) is 4.70. The molecule has 5 heteroatoms. The molecule has 0 bridgehead atoms. The van der Waals surface area contributed by atoms with Crippen LogP contribution < -0.4 is 5.32 Å². The molecule has 0 saturated heterocycles. The molecule has 0 aliphatic heterocycles. The number of hydrogen-bond acceptors (Lipinski definition) is 4. The number of hydrogen-bond donors (Lipinski definition) is 1. The molecule has 0 amide bonds. The summed E-state index contributed by atoms with van der Waals surface area (Å²) < 4.78 is 0. The summed E-state index contributed by atoms with van der Waals surface area (Å²) in [6.45, 7) is 5.34. The third kappa shape index (κ3) is 3.65. The van der Waals surface area contributed by atoms with E-state index in [0.717, 1.165) is 18.5 Å². The first-order valence-electron chi connectivity index (χ1n) is 6.62. The number of nitrogens with zero attached hydrogens (tertiary/aromatic N) is 1. The van der Waals surface area contributed by atoms with Crippen LogP contribution in [0.2, 0.25) is 0 Å². The number of benzene rings is 1. The molecule has 0 spiro atoms. The number of nitro groups is 1. The summed E-state index contributed by atoms with van der Waals surface area (Å²) in [7, 11) is 0. The van der Waals surface area contributed by atoms with Crippen molar-refractivity contribution in [3.8, 4) is 0 Å². The van der Waals surface area contributed by atoms with Crippen LogP contribution in [-0.2, 0) is 19.5 Å². The lowest BCUT2D eigenvalue weighted by Crippen LogP contribution is -2.12. The Morgan fingerprint density at radius 3 is 2.60 bits per heavy atom. The molecule has 106 valence electrons. The van der Waals surface area contributed by atoms with E-state index >= 15 is 0 Å². The molecular formula is C15H18N2O2S. The first-order chi connectivity index (χ1) is 9.60. The van der Waals surface area contributed by atoms with Gasteiger partial charge in [-0.1, -0.05) is 19.1 Å². The Hall–Kier alpha value is -1.72. The van der Waals surface area contributed by atoms with E-state index in [9.17, 15) is 10.1 Å². The number of rotatable bonds is 6. The van der Waals surface area contributed by atoms with Gasteiger partial charge in [0.15, 0.2) is 0 Å². The van der Waals surface area contributed by atoms with E-state index in [0.29, 0.717) is 12.1 Å². The monoisotopic (exact) mass is 290 g/mol. The fourth-order valence-corrected chi connectivity index (χ4v) is 2.93. The van der Waals surface area contributed by atoms with Gasteiger partial charge in [0.05, 0.1) is 4.92 Å². The van der Waals surface area contributed by atoms with Crippen LogP contribution in [0.15, 0.2) is 30.3 Å². The van der Waals surface area contributed by atoms with Crippen molar-refractivity contribution in [2.45, 2.75) is 33.4 Å². The van der Waals surface area contributed by atoms with Gasteiger partial charge in [-0.15, -0.1) is 11.3 Å². The lowest BCUT2D eigenvalue weighted by atomic mass is 10.1. The Balaban J connectivity index is 1.94. The van der Waals surface area contributed by atoms with Crippen molar-refractivity contribution in [1.82, 2.24) is 5.32 Å². The predicted molar refractivity (Wildman–Crippen MR) is 82.1 cm³/mol. The molecule has 0 aliphatic rings. The molecule has 1 aromatic heterocycles. The van der Waals surface area contributed by atoms with E-state index in [4.69, 9.17) is 0 Å². The SMILES string of the molecule is CCc1ccc(CNCc2ccc(C)c([N+](=O)[O-])c2)s1. The van der Waals surface area contributed by atoms with Crippen LogP contribution in [0.25, 0.3) is 0 Å². The van der Waals surface area contributed by atoms with E-state index in [1.165, 1.54) is 9.75 Å². The van der Waals surface area contributed by atoms with Crippen molar-refractivity contribution < 1.29 is 4.92 Å². The molecular weight excluding hydrogens is 272 g/mol. The second kappa shape index (κ2) is 6.63. The van der Waals surface area contributed by atoms with Crippen molar-refractivity contribution in [1.29, 1.82) is 0 Å². The lowest BCUT2D eigenvalue weighted by Gasteiger charge is -2.05. The van der Waals surface area contributed by atoms with Crippen LogP contribution in [0.5, 0.6) is 0 Å². The maximum atomic E-state index is 10.9. The van der Waals surface area contributed by atoms with E-state index in [1.807, 2.05) is 17.4 Å². The molecule has 20 heavy (non-hydrogen) atoms. The zero-order valence-corrected chi connectivity index (χ0v) is 12.5. The molecule has 4 nitrogen and oxygen atoms in total. The predicted octanol–water partition coefficient (Wildman–Crippen LogP) is 3.82. The maximum Gasteiger partial charge on any atom is 0.272 e. The van der Waals surface area contributed by atoms with Gasteiger partial charge in [-0.05, 0) is 31.0 Å². The van der Waals surface area contributed by atoms with E-state index in [-0.39, 0.29) is 10.6 Å². The van der Waals surface area contributed by atoms with Crippen LogP contribution in [-0.4, -0.2) is 4.92 Å². The van der Waals surface area contributed by atoms with Crippen molar-refractivity contribution in [2.75, 3.05) is 0 Å². The summed E-state index contributed by atoms with van der Waals surface area (Å²) in [5, 5.41) is 14.2. The molecule has 2 rings (SSSR count). The first-order valence-corrected chi connectivity index (χ1v) is 7.44. The van der Waals surface area contributed by atoms with Crippen LogP contribution in [0.3, 0.4) is 0 Å². The number of nitrogens with one attached hydrogen (secondary N) is 1. The number of aryl methyl sites for hydroxylation is 2. The second-order valence-corrected chi connectivity index (χ2v) is 5.96. The minimum absolute atomic E-state index is 0.189. The highest BCUT2D eigenvalue weighted by molar-refractivity contribution is 7.11. The van der Waals surface area contributed by atoms with Gasteiger partial charge >= 0.3 is 0 Å². The Morgan fingerprint density at radius 1 is 1.20 bits per heavy atom. The van der Waals surface area contributed by atoms with Crippen LogP contribution in [0, 0.1) is 17.0 Å². The molecule has 0 radical (unpaired) electrons. The first kappa shape index (κ1) is 14.7. The van der Waals surface area contributed by atoms with Gasteiger partial charge < -0.3 is 5.32 Å². The Labute approximate surface area is 122 Å². The van der Waals surface area contributed by atoms with Crippen molar-refractivity contribution >= 4 is 17.0 Å². The third-order valence-electron chi connectivity index (χ3n) is 3.16. The van der Waals surface area contributed by atoms with Crippen LogP contribution >= 0.6 is 11.3 Å². The summed E-state index contributed by atoms with van der Waals surface area (Å²) in [6.07, 6.45) is 1.06. The summed E-state index contributed by atoms with van der Waals surface area (Å²) in [4.78, 5) is 13.2. The Kier molecular flexibility index (Phi) is 4.87. The fourth-order valence-electron chi connectivity index (χ4n) is 2.00. The summed E-state index contributed by atoms with van der Waals surface area (Å²) in [5.41, 5.74) is 1.83. The topological polar surface area (TPSA) is 55.2 Å². The van der Waals surface area contributed by atoms with Gasteiger partial charge in [0.1, 0.15) is 0 Å². The molecule has 1 aromatic carbocycles. The van der Waals surface area contributed by atoms with Gasteiger partial charge in [0.25, 0.3) is 5.69 Å². The Morgan fingerprint density at radius 2 is 1.95 bits per heavy atom. The van der Waals surface area contributed by atoms with Crippen molar-refractivity contribution in [2.24, 2.45) is 0 Å². The molecule has 0 atom stereocenters. The average molecular weight is 290 g/mol. The van der Waals surface area contributed by atoms with Gasteiger partial charge in [-0.3, -0.25) is 10.1 Å². The normalized spacial score (nSPS) is 10.7. The standard InChI is InChI=1S/C15H18N2O2S/c1-3-13-6-7-14(20-13)10-16-9-12-5-4-11(2)15(8-12)17(18)19/h4-8,16H,3,9-10H2,1-2H3. The van der Waals surface area contributed by atoms with E-state index in [1.54, 1.807) is 19.1 Å². The minimum Gasteiger partial charge on any atom is -0.308 e. The highest BCUT2D eigenvalue weighted by Gasteiger charge is 2.10. The van der Waals surface area contributed by atoms with Gasteiger partial charge in [-0.2, -0.15) is 0 Å². The lowest BCUT2D eigenvalue weighted by molar-refractivity contribution is -0.385. The zero-order valence-electron chi connectivity index (χ0n) is 11.7. The summed E-state index contributed by atoms with van der Waals surface area (Å²) in [5.74, 6) is 0. The Bertz CT molecular complexity index is 608. The number of thiophene rings is 1. The third-order valence-corrected chi connectivity index (χ3v) is 4.39. The fraction of sp³-hybridized carbons (Fsp3) is 0.333. The molecule has 0 unspecified atom stereocenters. The van der Waals surface area contributed by atoms with Gasteiger partial charge in [-0.25, -0.2) is 0 Å². The quantitative estimate of drug-likeness (QED) is 0.650. The van der Waals surface area contributed by atoms with Gasteiger partial charge in [0.2, 0.25) is 0 Å². The zero-order chi connectivity index (χ0) is 14.5.